The Hall–Kier alpha value is -2.08. The number of aromatic amines is 1. The lowest BCUT2D eigenvalue weighted by atomic mass is 10.0. The van der Waals surface area contributed by atoms with Crippen LogP contribution >= 0.6 is 11.8 Å². The maximum absolute atomic E-state index is 5.60. The normalized spacial score (nSPS) is 15.1. The second-order valence-corrected chi connectivity index (χ2v) is 7.66. The summed E-state index contributed by atoms with van der Waals surface area (Å²) in [5.74, 6) is 3.15. The number of H-pyrrole nitrogens is 1. The summed E-state index contributed by atoms with van der Waals surface area (Å²) in [6, 6.07) is 8.19. The number of hydrogen-bond donors (Lipinski definition) is 1. The lowest BCUT2D eigenvalue weighted by Gasteiger charge is -2.03. The highest BCUT2D eigenvalue weighted by Crippen LogP contribution is 2.28. The van der Waals surface area contributed by atoms with E-state index in [1.165, 1.54) is 31.2 Å². The molecule has 0 atom stereocenters. The molecule has 0 spiro atoms. The predicted octanol–water partition coefficient (Wildman–Crippen LogP) is 4.79. The Morgan fingerprint density at radius 2 is 1.96 bits per heavy atom. The van der Waals surface area contributed by atoms with Crippen LogP contribution in [-0.2, 0) is 12.2 Å². The molecule has 1 aromatic carbocycles. The van der Waals surface area contributed by atoms with Gasteiger partial charge in [-0.05, 0) is 25.0 Å². The molecule has 4 rings (SSSR count). The maximum Gasteiger partial charge on any atom is 0.226 e. The third kappa shape index (κ3) is 4.12. The van der Waals surface area contributed by atoms with Gasteiger partial charge >= 0.3 is 0 Å². The number of thioether (sulfide) groups is 1. The molecule has 1 saturated carbocycles. The number of rotatable bonds is 6. The topological polar surface area (TPSA) is 67.6 Å². The molecule has 130 valence electrons. The molecule has 6 heteroatoms. The molecule has 0 unspecified atom stereocenters. The minimum atomic E-state index is 0.660. The lowest BCUT2D eigenvalue weighted by molar-refractivity contribution is 0.531. The van der Waals surface area contributed by atoms with Crippen molar-refractivity contribution < 1.29 is 4.42 Å². The van der Waals surface area contributed by atoms with Crippen LogP contribution in [0, 0.1) is 12.8 Å². The number of hydrogen-bond acceptors (Lipinski definition) is 5. The van der Waals surface area contributed by atoms with Gasteiger partial charge in [0.2, 0.25) is 11.0 Å². The van der Waals surface area contributed by atoms with Gasteiger partial charge in [0, 0.05) is 17.7 Å². The van der Waals surface area contributed by atoms with Crippen molar-refractivity contribution >= 4 is 11.8 Å². The number of aromatic nitrogens is 4. The van der Waals surface area contributed by atoms with Crippen molar-refractivity contribution in [2.24, 2.45) is 5.92 Å². The van der Waals surface area contributed by atoms with E-state index in [4.69, 9.17) is 4.42 Å². The largest absolute Gasteiger partial charge is 0.444 e. The standard InChI is InChI=1S/C19H22N4OS/c1-13-6-8-15(9-7-13)18-20-16(11-24-18)12-25-19-21-17(22-23-19)10-14-4-2-3-5-14/h6-9,11,14H,2-5,10,12H2,1H3,(H,21,22,23). The Kier molecular flexibility index (Phi) is 4.88. The Balaban J connectivity index is 1.34. The molecule has 0 aliphatic heterocycles. The van der Waals surface area contributed by atoms with Gasteiger partial charge in [0.1, 0.15) is 12.1 Å². The SMILES string of the molecule is Cc1ccc(-c2nc(CSc3n[nH]c(CC4CCCC4)n3)co2)cc1. The minimum absolute atomic E-state index is 0.660. The molecule has 0 radical (unpaired) electrons. The van der Waals surface area contributed by atoms with Crippen LogP contribution in [0.2, 0.25) is 0 Å². The molecule has 5 nitrogen and oxygen atoms in total. The summed E-state index contributed by atoms with van der Waals surface area (Å²) in [7, 11) is 0. The molecule has 3 aromatic rings. The van der Waals surface area contributed by atoms with Gasteiger partial charge in [-0.3, -0.25) is 5.10 Å². The van der Waals surface area contributed by atoms with E-state index in [1.54, 1.807) is 18.0 Å². The molecule has 1 N–H and O–H groups in total. The zero-order valence-electron chi connectivity index (χ0n) is 14.4. The van der Waals surface area contributed by atoms with Crippen molar-refractivity contribution in [3.8, 4) is 11.5 Å². The number of oxazole rings is 1. The summed E-state index contributed by atoms with van der Waals surface area (Å²) in [4.78, 5) is 9.16. The molecule has 2 heterocycles. The van der Waals surface area contributed by atoms with Crippen molar-refractivity contribution in [1.29, 1.82) is 0 Å². The number of nitrogens with one attached hydrogen (secondary N) is 1. The molecular formula is C19H22N4OS. The van der Waals surface area contributed by atoms with Gasteiger partial charge < -0.3 is 4.42 Å². The monoisotopic (exact) mass is 354 g/mol. The van der Waals surface area contributed by atoms with Gasteiger partial charge in [0.05, 0.1) is 5.69 Å². The Morgan fingerprint density at radius 1 is 1.16 bits per heavy atom. The third-order valence-electron chi connectivity index (χ3n) is 4.67. The zero-order chi connectivity index (χ0) is 17.1. The van der Waals surface area contributed by atoms with Gasteiger partial charge in [0.25, 0.3) is 0 Å². The summed E-state index contributed by atoms with van der Waals surface area (Å²) in [6.07, 6.45) is 8.10. The quantitative estimate of drug-likeness (QED) is 0.644. The Labute approximate surface area is 151 Å². The van der Waals surface area contributed by atoms with Crippen LogP contribution in [0.5, 0.6) is 0 Å². The lowest BCUT2D eigenvalue weighted by Crippen LogP contribution is -2.00. The average molecular weight is 354 g/mol. The van der Waals surface area contributed by atoms with Crippen molar-refractivity contribution in [3.05, 3.63) is 47.6 Å². The Morgan fingerprint density at radius 3 is 2.76 bits per heavy atom. The van der Waals surface area contributed by atoms with E-state index < -0.39 is 0 Å². The van der Waals surface area contributed by atoms with Crippen molar-refractivity contribution in [2.45, 2.75) is 49.9 Å². The van der Waals surface area contributed by atoms with E-state index in [9.17, 15) is 0 Å². The van der Waals surface area contributed by atoms with Crippen LogP contribution in [0.25, 0.3) is 11.5 Å². The first-order valence-corrected chi connectivity index (χ1v) is 9.80. The third-order valence-corrected chi connectivity index (χ3v) is 5.55. The first kappa shape index (κ1) is 16.4. The van der Waals surface area contributed by atoms with Gasteiger partial charge in [0.15, 0.2) is 0 Å². The van der Waals surface area contributed by atoms with Gasteiger partial charge in [-0.25, -0.2) is 9.97 Å². The van der Waals surface area contributed by atoms with Crippen LogP contribution in [0.4, 0.5) is 0 Å². The fraction of sp³-hybridized carbons (Fsp3) is 0.421. The van der Waals surface area contributed by atoms with Gasteiger partial charge in [-0.15, -0.1) is 5.10 Å². The Bertz CT molecular complexity index is 818. The molecular weight excluding hydrogens is 332 g/mol. The number of aryl methyl sites for hydroxylation is 1. The fourth-order valence-corrected chi connectivity index (χ4v) is 3.96. The molecule has 1 aliphatic carbocycles. The average Bonchev–Trinajstić information content (AvgIpc) is 3.36. The highest BCUT2D eigenvalue weighted by Gasteiger charge is 2.17. The molecule has 2 aromatic heterocycles. The van der Waals surface area contributed by atoms with Crippen LogP contribution in [0.15, 0.2) is 40.1 Å². The smallest absolute Gasteiger partial charge is 0.226 e. The highest BCUT2D eigenvalue weighted by atomic mass is 32.2. The van der Waals surface area contributed by atoms with Gasteiger partial charge in [-0.2, -0.15) is 0 Å². The van der Waals surface area contributed by atoms with Crippen LogP contribution in [-0.4, -0.2) is 20.2 Å². The summed E-state index contributed by atoms with van der Waals surface area (Å²) < 4.78 is 5.60. The predicted molar refractivity (Wildman–Crippen MR) is 98.3 cm³/mol. The van der Waals surface area contributed by atoms with Gasteiger partial charge in [-0.1, -0.05) is 55.1 Å². The minimum Gasteiger partial charge on any atom is -0.444 e. The first-order chi connectivity index (χ1) is 12.3. The van der Waals surface area contributed by atoms with Crippen LogP contribution in [0.3, 0.4) is 0 Å². The van der Waals surface area contributed by atoms with Crippen molar-refractivity contribution in [2.75, 3.05) is 0 Å². The molecule has 25 heavy (non-hydrogen) atoms. The number of nitrogens with zero attached hydrogens (tertiary/aromatic N) is 3. The molecule has 0 amide bonds. The van der Waals surface area contributed by atoms with E-state index in [1.807, 2.05) is 12.1 Å². The molecule has 0 bridgehead atoms. The van der Waals surface area contributed by atoms with E-state index >= 15 is 0 Å². The van der Waals surface area contributed by atoms with E-state index in [2.05, 4.69) is 39.2 Å². The second kappa shape index (κ2) is 7.44. The van der Waals surface area contributed by atoms with E-state index in [-0.39, 0.29) is 0 Å². The second-order valence-electron chi connectivity index (χ2n) is 6.72. The molecule has 0 saturated heterocycles. The van der Waals surface area contributed by atoms with Crippen molar-refractivity contribution in [3.63, 3.8) is 0 Å². The molecule has 1 fully saturated rings. The first-order valence-electron chi connectivity index (χ1n) is 8.82. The van der Waals surface area contributed by atoms with Crippen LogP contribution in [0.1, 0.15) is 42.8 Å². The number of benzene rings is 1. The molecule has 1 aliphatic rings. The maximum atomic E-state index is 5.60. The zero-order valence-corrected chi connectivity index (χ0v) is 15.2. The fourth-order valence-electron chi connectivity index (χ4n) is 3.26. The highest BCUT2D eigenvalue weighted by molar-refractivity contribution is 7.98. The summed E-state index contributed by atoms with van der Waals surface area (Å²) in [5, 5.41) is 8.18. The van der Waals surface area contributed by atoms with E-state index in [0.29, 0.717) is 11.6 Å². The van der Waals surface area contributed by atoms with Crippen molar-refractivity contribution in [1.82, 2.24) is 20.2 Å². The van der Waals surface area contributed by atoms with Crippen LogP contribution < -0.4 is 0 Å². The summed E-state index contributed by atoms with van der Waals surface area (Å²) >= 11 is 1.59. The summed E-state index contributed by atoms with van der Waals surface area (Å²) in [6.45, 7) is 2.07. The van der Waals surface area contributed by atoms with E-state index in [0.717, 1.165) is 34.6 Å². The summed E-state index contributed by atoms with van der Waals surface area (Å²) in [5.41, 5.74) is 3.13.